The van der Waals surface area contributed by atoms with Gasteiger partial charge in [-0.15, -0.1) is 11.3 Å². The number of fused-ring (bicyclic) bond motifs is 3. The smallest absolute Gasteiger partial charge is 0.263 e. The molecule has 7 heteroatoms. The minimum atomic E-state index is 0.0705. The first-order chi connectivity index (χ1) is 13.5. The normalized spacial score (nSPS) is 22.5. The fourth-order valence-electron chi connectivity index (χ4n) is 4.43. The first-order valence-electron chi connectivity index (χ1n) is 10.4. The number of hydrogen-bond acceptors (Lipinski definition) is 5. The summed E-state index contributed by atoms with van der Waals surface area (Å²) in [6.07, 6.45) is 5.46. The van der Waals surface area contributed by atoms with Gasteiger partial charge in [0.25, 0.3) is 5.56 Å². The molecule has 0 aromatic carbocycles. The third-order valence-corrected chi connectivity index (χ3v) is 8.14. The Morgan fingerprint density at radius 3 is 2.86 bits per heavy atom. The molecule has 5 nitrogen and oxygen atoms in total. The summed E-state index contributed by atoms with van der Waals surface area (Å²) in [5.41, 5.74) is 1.30. The first kappa shape index (κ1) is 20.0. The van der Waals surface area contributed by atoms with Crippen molar-refractivity contribution < 1.29 is 4.79 Å². The van der Waals surface area contributed by atoms with E-state index in [0.717, 1.165) is 49.0 Å². The highest BCUT2D eigenvalue weighted by atomic mass is 32.2. The van der Waals surface area contributed by atoms with Crippen molar-refractivity contribution >= 4 is 39.2 Å². The van der Waals surface area contributed by atoms with E-state index in [0.29, 0.717) is 29.3 Å². The number of nitrogens with zero attached hydrogens (tertiary/aromatic N) is 3. The van der Waals surface area contributed by atoms with Crippen molar-refractivity contribution in [1.82, 2.24) is 14.5 Å². The van der Waals surface area contributed by atoms with Crippen molar-refractivity contribution in [3.63, 3.8) is 0 Å². The molecule has 0 radical (unpaired) electrons. The minimum absolute atomic E-state index is 0.0705. The monoisotopic (exact) mass is 419 g/mol. The van der Waals surface area contributed by atoms with Gasteiger partial charge in [0.15, 0.2) is 5.16 Å². The molecule has 1 amide bonds. The summed E-state index contributed by atoms with van der Waals surface area (Å²) in [5, 5.41) is 1.51. The molecule has 0 N–H and O–H groups in total. The predicted molar refractivity (Wildman–Crippen MR) is 116 cm³/mol. The third-order valence-electron chi connectivity index (χ3n) is 6.03. The van der Waals surface area contributed by atoms with E-state index >= 15 is 0 Å². The Hall–Kier alpha value is -1.34. The number of carbonyl (C=O) groups is 1. The van der Waals surface area contributed by atoms with Crippen molar-refractivity contribution in [2.24, 2.45) is 11.8 Å². The van der Waals surface area contributed by atoms with Gasteiger partial charge in [0.1, 0.15) is 4.83 Å². The molecular formula is C21H29N3O2S2. The number of aromatic nitrogens is 2. The van der Waals surface area contributed by atoms with Crippen LogP contribution in [0.1, 0.15) is 50.5 Å². The quantitative estimate of drug-likeness (QED) is 0.556. The van der Waals surface area contributed by atoms with Crippen LogP contribution in [0.15, 0.2) is 9.95 Å². The predicted octanol–water partition coefficient (Wildman–Crippen LogP) is 3.95. The highest BCUT2D eigenvalue weighted by molar-refractivity contribution is 7.99. The van der Waals surface area contributed by atoms with Gasteiger partial charge in [-0.3, -0.25) is 14.2 Å². The largest absolute Gasteiger partial charge is 0.342 e. The molecule has 0 spiro atoms. The van der Waals surface area contributed by atoms with Crippen LogP contribution in [-0.2, 0) is 24.2 Å². The Kier molecular flexibility index (Phi) is 5.83. The average molecular weight is 420 g/mol. The standard InChI is InChI=1S/C21H29N3O2S2/c1-4-24-20(26)18-15-8-7-13(2)10-16(15)28-19(18)22-21(24)27-12-17(25)23-9-5-6-14(3)11-23/h13-14H,4-12H2,1-3H3/t13-,14-/m0/s1. The van der Waals surface area contributed by atoms with Crippen LogP contribution in [0.3, 0.4) is 0 Å². The number of piperidine rings is 1. The Balaban J connectivity index is 1.60. The third kappa shape index (κ3) is 3.75. The maximum atomic E-state index is 13.2. The lowest BCUT2D eigenvalue weighted by atomic mass is 9.89. The molecule has 1 aliphatic carbocycles. The zero-order valence-electron chi connectivity index (χ0n) is 17.0. The molecule has 1 saturated heterocycles. The molecule has 0 bridgehead atoms. The Bertz CT molecular complexity index is 949. The number of aryl methyl sites for hydroxylation is 1. The van der Waals surface area contributed by atoms with E-state index in [-0.39, 0.29) is 11.5 Å². The van der Waals surface area contributed by atoms with E-state index < -0.39 is 0 Å². The molecule has 0 saturated carbocycles. The molecule has 28 heavy (non-hydrogen) atoms. The van der Waals surface area contributed by atoms with Crippen molar-refractivity contribution in [2.75, 3.05) is 18.8 Å². The van der Waals surface area contributed by atoms with E-state index in [1.807, 2.05) is 11.8 Å². The van der Waals surface area contributed by atoms with Crippen LogP contribution in [0, 0.1) is 11.8 Å². The van der Waals surface area contributed by atoms with Gasteiger partial charge in [0.2, 0.25) is 5.91 Å². The van der Waals surface area contributed by atoms with Gasteiger partial charge in [-0.05, 0) is 56.4 Å². The van der Waals surface area contributed by atoms with Gasteiger partial charge in [-0.1, -0.05) is 25.6 Å². The summed E-state index contributed by atoms with van der Waals surface area (Å²) in [7, 11) is 0. The van der Waals surface area contributed by atoms with E-state index in [9.17, 15) is 9.59 Å². The molecule has 2 aromatic heterocycles. The number of hydrogen-bond donors (Lipinski definition) is 0. The van der Waals surface area contributed by atoms with Crippen molar-refractivity contribution in [3.05, 3.63) is 20.8 Å². The van der Waals surface area contributed by atoms with Crippen LogP contribution in [0.25, 0.3) is 10.2 Å². The molecule has 2 aliphatic rings. The Labute approximate surface area is 174 Å². The van der Waals surface area contributed by atoms with Gasteiger partial charge < -0.3 is 4.90 Å². The Morgan fingerprint density at radius 2 is 2.11 bits per heavy atom. The van der Waals surface area contributed by atoms with Crippen LogP contribution in [0.5, 0.6) is 0 Å². The Morgan fingerprint density at radius 1 is 1.29 bits per heavy atom. The molecule has 0 unspecified atom stereocenters. The topological polar surface area (TPSA) is 55.2 Å². The second kappa shape index (κ2) is 8.19. The SMILES string of the molecule is CCn1c(SCC(=O)N2CCC[C@H](C)C2)nc2sc3c(c2c1=O)CC[C@H](C)C3. The van der Waals surface area contributed by atoms with Gasteiger partial charge in [0, 0.05) is 24.5 Å². The zero-order valence-corrected chi connectivity index (χ0v) is 18.6. The maximum absolute atomic E-state index is 13.2. The molecule has 2 atom stereocenters. The fourth-order valence-corrected chi connectivity index (χ4v) is 6.82. The van der Waals surface area contributed by atoms with Gasteiger partial charge >= 0.3 is 0 Å². The van der Waals surface area contributed by atoms with E-state index in [1.165, 1.54) is 28.6 Å². The molecule has 4 rings (SSSR count). The number of amides is 1. The molecular weight excluding hydrogens is 390 g/mol. The molecule has 3 heterocycles. The molecule has 2 aromatic rings. The first-order valence-corrected chi connectivity index (χ1v) is 12.2. The van der Waals surface area contributed by atoms with Gasteiger partial charge in [-0.2, -0.15) is 0 Å². The highest BCUT2D eigenvalue weighted by Gasteiger charge is 2.25. The summed E-state index contributed by atoms with van der Waals surface area (Å²) in [4.78, 5) is 34.9. The van der Waals surface area contributed by atoms with Crippen LogP contribution < -0.4 is 5.56 Å². The van der Waals surface area contributed by atoms with Crippen molar-refractivity contribution in [3.8, 4) is 0 Å². The maximum Gasteiger partial charge on any atom is 0.263 e. The van der Waals surface area contributed by atoms with Crippen molar-refractivity contribution in [1.29, 1.82) is 0 Å². The lowest BCUT2D eigenvalue weighted by molar-refractivity contribution is -0.130. The van der Waals surface area contributed by atoms with Crippen LogP contribution in [0.4, 0.5) is 0 Å². The van der Waals surface area contributed by atoms with Crippen LogP contribution >= 0.6 is 23.1 Å². The van der Waals surface area contributed by atoms with Gasteiger partial charge in [0.05, 0.1) is 11.1 Å². The molecule has 1 fully saturated rings. The lowest BCUT2D eigenvalue weighted by Crippen LogP contribution is -2.40. The minimum Gasteiger partial charge on any atom is -0.342 e. The highest BCUT2D eigenvalue weighted by Crippen LogP contribution is 2.36. The summed E-state index contributed by atoms with van der Waals surface area (Å²) < 4.78 is 1.75. The lowest BCUT2D eigenvalue weighted by Gasteiger charge is -2.30. The van der Waals surface area contributed by atoms with E-state index in [2.05, 4.69) is 13.8 Å². The second-order valence-corrected chi connectivity index (χ2v) is 10.4. The summed E-state index contributed by atoms with van der Waals surface area (Å²) in [6.45, 7) is 8.75. The zero-order chi connectivity index (χ0) is 19.8. The van der Waals surface area contributed by atoms with Crippen LogP contribution in [-0.4, -0.2) is 39.2 Å². The fraction of sp³-hybridized carbons (Fsp3) is 0.667. The number of carbonyl (C=O) groups excluding carboxylic acids is 1. The molecule has 1 aliphatic heterocycles. The number of thioether (sulfide) groups is 1. The second-order valence-electron chi connectivity index (χ2n) is 8.35. The summed E-state index contributed by atoms with van der Waals surface area (Å²) in [5.74, 6) is 1.76. The average Bonchev–Trinajstić information content (AvgIpc) is 3.03. The van der Waals surface area contributed by atoms with E-state index in [4.69, 9.17) is 4.98 Å². The number of thiophene rings is 1. The van der Waals surface area contributed by atoms with Crippen molar-refractivity contribution in [2.45, 2.75) is 64.6 Å². The van der Waals surface area contributed by atoms with Crippen LogP contribution in [0.2, 0.25) is 0 Å². The molecule has 152 valence electrons. The van der Waals surface area contributed by atoms with E-state index in [1.54, 1.807) is 15.9 Å². The summed E-state index contributed by atoms with van der Waals surface area (Å²) in [6, 6.07) is 0. The number of rotatable bonds is 4. The summed E-state index contributed by atoms with van der Waals surface area (Å²) >= 11 is 3.10. The van der Waals surface area contributed by atoms with Gasteiger partial charge in [-0.25, -0.2) is 4.98 Å². The number of likely N-dealkylation sites (tertiary alicyclic amines) is 1.